The number of nitro benzene ring substituents is 1. The van der Waals surface area contributed by atoms with Crippen molar-refractivity contribution >= 4 is 5.69 Å². The average molecular weight is 335 g/mol. The lowest BCUT2D eigenvalue weighted by Gasteiger charge is -2.31. The van der Waals surface area contributed by atoms with Gasteiger partial charge in [-0.2, -0.15) is 0 Å². The molecule has 0 saturated carbocycles. The molecule has 0 atom stereocenters. The molecule has 0 aliphatic heterocycles. The van der Waals surface area contributed by atoms with E-state index in [0.717, 1.165) is 0 Å². The highest BCUT2D eigenvalue weighted by Crippen LogP contribution is 2.42. The largest absolute Gasteiger partial charge is 0.496 e. The van der Waals surface area contributed by atoms with E-state index in [1.165, 1.54) is 25.3 Å². The predicted molar refractivity (Wildman–Crippen MR) is 94.6 cm³/mol. The van der Waals surface area contributed by atoms with Gasteiger partial charge in [0.05, 0.1) is 18.1 Å². The van der Waals surface area contributed by atoms with Gasteiger partial charge >= 0.3 is 0 Å². The van der Waals surface area contributed by atoms with Gasteiger partial charge in [-0.1, -0.05) is 60.7 Å². The van der Waals surface area contributed by atoms with Gasteiger partial charge in [-0.3, -0.25) is 10.1 Å². The number of methoxy groups -OCH3 is 1. The molecule has 0 aliphatic rings. The summed E-state index contributed by atoms with van der Waals surface area (Å²) in [6.45, 7) is 0. The maximum atomic E-state index is 11.7. The minimum absolute atomic E-state index is 0.0935. The Morgan fingerprint density at radius 3 is 1.88 bits per heavy atom. The number of nitro groups is 1. The van der Waals surface area contributed by atoms with Crippen molar-refractivity contribution in [2.24, 2.45) is 0 Å². The highest BCUT2D eigenvalue weighted by atomic mass is 16.6. The first-order valence-electron chi connectivity index (χ1n) is 7.73. The zero-order valence-electron chi connectivity index (χ0n) is 13.6. The first-order valence-corrected chi connectivity index (χ1v) is 7.73. The molecular weight excluding hydrogens is 318 g/mol. The summed E-state index contributed by atoms with van der Waals surface area (Å²) in [5.74, 6) is 0.254. The molecule has 126 valence electrons. The van der Waals surface area contributed by atoms with E-state index >= 15 is 0 Å². The average Bonchev–Trinajstić information content (AvgIpc) is 2.68. The third kappa shape index (κ3) is 2.97. The maximum absolute atomic E-state index is 11.7. The van der Waals surface area contributed by atoms with Crippen molar-refractivity contribution in [1.29, 1.82) is 0 Å². The molecule has 5 heteroatoms. The Balaban J connectivity index is 2.28. The third-order valence-corrected chi connectivity index (χ3v) is 4.17. The van der Waals surface area contributed by atoms with Crippen LogP contribution < -0.4 is 4.74 Å². The number of hydrogen-bond acceptors (Lipinski definition) is 4. The van der Waals surface area contributed by atoms with Crippen LogP contribution in [-0.2, 0) is 5.60 Å². The fourth-order valence-electron chi connectivity index (χ4n) is 2.93. The number of rotatable bonds is 5. The summed E-state index contributed by atoms with van der Waals surface area (Å²) >= 11 is 0. The second-order valence-electron chi connectivity index (χ2n) is 5.58. The van der Waals surface area contributed by atoms with Gasteiger partial charge in [-0.15, -0.1) is 0 Å². The van der Waals surface area contributed by atoms with Gasteiger partial charge in [0.25, 0.3) is 5.69 Å². The maximum Gasteiger partial charge on any atom is 0.273 e. The summed E-state index contributed by atoms with van der Waals surface area (Å²) in [7, 11) is 1.43. The molecule has 0 fully saturated rings. The second kappa shape index (κ2) is 6.75. The molecule has 25 heavy (non-hydrogen) atoms. The van der Waals surface area contributed by atoms with Crippen molar-refractivity contribution in [2.45, 2.75) is 5.60 Å². The van der Waals surface area contributed by atoms with Gasteiger partial charge in [-0.25, -0.2) is 0 Å². The normalized spacial score (nSPS) is 11.1. The number of non-ortho nitro benzene ring substituents is 1. The quantitative estimate of drug-likeness (QED) is 0.436. The van der Waals surface area contributed by atoms with Gasteiger partial charge in [-0.05, 0) is 17.2 Å². The Labute approximate surface area is 145 Å². The van der Waals surface area contributed by atoms with Crippen LogP contribution in [0.5, 0.6) is 5.75 Å². The van der Waals surface area contributed by atoms with E-state index in [0.29, 0.717) is 16.7 Å². The Bertz CT molecular complexity index is 839. The van der Waals surface area contributed by atoms with Crippen LogP contribution in [0.1, 0.15) is 16.7 Å². The Morgan fingerprint density at radius 2 is 1.44 bits per heavy atom. The lowest BCUT2D eigenvalue weighted by molar-refractivity contribution is -0.385. The third-order valence-electron chi connectivity index (χ3n) is 4.17. The van der Waals surface area contributed by atoms with E-state index < -0.39 is 10.5 Å². The first kappa shape index (κ1) is 16.7. The molecule has 0 heterocycles. The van der Waals surface area contributed by atoms with Crippen molar-refractivity contribution in [1.82, 2.24) is 0 Å². The number of benzene rings is 3. The molecule has 0 bridgehead atoms. The minimum Gasteiger partial charge on any atom is -0.496 e. The van der Waals surface area contributed by atoms with E-state index in [-0.39, 0.29) is 11.4 Å². The first-order chi connectivity index (χ1) is 12.1. The van der Waals surface area contributed by atoms with E-state index in [4.69, 9.17) is 4.74 Å². The molecule has 0 amide bonds. The lowest BCUT2D eigenvalue weighted by Crippen LogP contribution is -2.29. The van der Waals surface area contributed by atoms with Crippen LogP contribution in [0.15, 0.2) is 78.9 Å². The van der Waals surface area contributed by atoms with E-state index in [9.17, 15) is 15.2 Å². The zero-order valence-corrected chi connectivity index (χ0v) is 13.6. The SMILES string of the molecule is COc1cc([N+](=O)[O-])ccc1C(O)(c1ccccc1)c1ccccc1. The van der Waals surface area contributed by atoms with Crippen molar-refractivity contribution < 1.29 is 14.8 Å². The van der Waals surface area contributed by atoms with Crippen molar-refractivity contribution in [2.75, 3.05) is 7.11 Å². The van der Waals surface area contributed by atoms with Crippen molar-refractivity contribution in [3.05, 3.63) is 106 Å². The number of hydrogen-bond donors (Lipinski definition) is 1. The molecule has 5 nitrogen and oxygen atoms in total. The molecule has 3 aromatic carbocycles. The van der Waals surface area contributed by atoms with Crippen LogP contribution in [0.3, 0.4) is 0 Å². The number of nitrogens with zero attached hydrogens (tertiary/aromatic N) is 1. The van der Waals surface area contributed by atoms with Crippen LogP contribution in [0.2, 0.25) is 0 Å². The van der Waals surface area contributed by atoms with E-state index in [1.54, 1.807) is 0 Å². The molecular formula is C20H17NO4. The van der Waals surface area contributed by atoms with Gasteiger partial charge in [0.1, 0.15) is 11.4 Å². The number of ether oxygens (including phenoxy) is 1. The summed E-state index contributed by atoms with van der Waals surface area (Å²) in [5.41, 5.74) is 0.145. The fraction of sp³-hybridized carbons (Fsp3) is 0.100. The van der Waals surface area contributed by atoms with Crippen LogP contribution in [0, 0.1) is 10.1 Å². The summed E-state index contributed by atoms with van der Waals surface area (Å²) in [4.78, 5) is 10.6. The van der Waals surface area contributed by atoms with Crippen LogP contribution in [0.25, 0.3) is 0 Å². The summed E-state index contributed by atoms with van der Waals surface area (Å²) in [5, 5.41) is 22.8. The monoisotopic (exact) mass is 335 g/mol. The van der Waals surface area contributed by atoms with Gasteiger partial charge < -0.3 is 9.84 Å². The standard InChI is InChI=1S/C20H17NO4/c1-25-19-14-17(21(23)24)12-13-18(19)20(22,15-8-4-2-5-9-15)16-10-6-3-7-11-16/h2-14,22H,1H3. The Kier molecular flexibility index (Phi) is 4.50. The highest BCUT2D eigenvalue weighted by molar-refractivity contribution is 5.55. The fourth-order valence-corrected chi connectivity index (χ4v) is 2.93. The molecule has 3 rings (SSSR count). The molecule has 0 aromatic heterocycles. The predicted octanol–water partition coefficient (Wildman–Crippen LogP) is 3.89. The topological polar surface area (TPSA) is 72.6 Å². The Morgan fingerprint density at radius 1 is 0.920 bits per heavy atom. The lowest BCUT2D eigenvalue weighted by atomic mass is 9.80. The van der Waals surface area contributed by atoms with Crippen LogP contribution in [-0.4, -0.2) is 17.1 Å². The molecule has 1 N–H and O–H groups in total. The second-order valence-corrected chi connectivity index (χ2v) is 5.58. The molecule has 0 radical (unpaired) electrons. The summed E-state index contributed by atoms with van der Waals surface area (Å²) in [6.07, 6.45) is 0. The van der Waals surface area contributed by atoms with E-state index in [1.807, 2.05) is 60.7 Å². The summed E-state index contributed by atoms with van der Waals surface area (Å²) < 4.78 is 5.36. The summed E-state index contributed by atoms with van der Waals surface area (Å²) in [6, 6.07) is 22.6. The molecule has 0 aliphatic carbocycles. The van der Waals surface area contributed by atoms with E-state index in [2.05, 4.69) is 0 Å². The molecule has 0 unspecified atom stereocenters. The molecule has 0 saturated heterocycles. The van der Waals surface area contributed by atoms with Crippen LogP contribution >= 0.6 is 0 Å². The molecule has 3 aromatic rings. The smallest absolute Gasteiger partial charge is 0.273 e. The van der Waals surface area contributed by atoms with Gasteiger partial charge in [0, 0.05) is 11.6 Å². The van der Waals surface area contributed by atoms with Gasteiger partial charge in [0.2, 0.25) is 0 Å². The highest BCUT2D eigenvalue weighted by Gasteiger charge is 2.37. The number of aliphatic hydroxyl groups is 1. The van der Waals surface area contributed by atoms with Crippen molar-refractivity contribution in [3.63, 3.8) is 0 Å². The zero-order chi connectivity index (χ0) is 17.9. The minimum atomic E-state index is -1.50. The van der Waals surface area contributed by atoms with Crippen molar-refractivity contribution in [3.8, 4) is 5.75 Å². The molecule has 0 spiro atoms. The van der Waals surface area contributed by atoms with Gasteiger partial charge in [0.15, 0.2) is 0 Å². The Hall–Kier alpha value is -3.18. The van der Waals surface area contributed by atoms with Crippen LogP contribution in [0.4, 0.5) is 5.69 Å².